The number of aromatic nitrogens is 1. The predicted molar refractivity (Wildman–Crippen MR) is 373 cm³/mol. The van der Waals surface area contributed by atoms with E-state index in [1.54, 1.807) is 56.3 Å². The van der Waals surface area contributed by atoms with Crippen molar-refractivity contribution in [1.29, 1.82) is 0 Å². The molecule has 1 aromatic heterocycles. The maximum absolute atomic E-state index is 14.9. The van der Waals surface area contributed by atoms with Crippen LogP contribution in [0.2, 0.25) is 5.02 Å². The second-order valence-electron chi connectivity index (χ2n) is 25.1. The molecule has 35 heteroatoms. The number of aliphatic imine (C=N–C) groups is 1. The number of likely N-dealkylation sites (tertiary alicyclic amines) is 1. The molecule has 0 saturated carbocycles. The van der Waals surface area contributed by atoms with Gasteiger partial charge in [-0.05, 0) is 90.1 Å². The first kappa shape index (κ1) is 80.1. The number of benzene rings is 3. The van der Waals surface area contributed by atoms with Crippen molar-refractivity contribution in [2.24, 2.45) is 39.7 Å². The standard InChI is InChI=1S/C67H91ClN20O14/c1-36(2)27-46-59(95)80-45(66(102)88-26-8-13-53(88)65(101)86-52(34-69)57(70)93)20-24-75-54(90)21-25-76-55(91)32-50(63(99)79-44(58(94)81-46)12-7-23-77-67(71)72)84-64(100)51(33-56(92)87-73)85-62(98)49(31-40-9-6-22-74-35-40)83-61(97)48(29-38-15-18-43(68)19-16-38)82-60(96)47(78-37(3)89)30-39-14-17-41-10-4-5-11-42(41)28-39/h4-6,9-11,14-19,22,28,35-36,44-53H,7-8,12-13,20-21,23-27,29-34,69,73H2,1-3H3,(H2,70,93)(H,75,90)(H,76,91)(H,78,89)(H,79,99)(H,80,95)(H,81,94)(H,82,96)(H,83,97)(H,84,100)(H,85,98)(H,86,101)(H,87,92)(H4,71,72,77)/t44-,45+,46+,47-,48-,49-,50+,51+,52?,53+/m1/s1. The van der Waals surface area contributed by atoms with Crippen LogP contribution in [0.3, 0.4) is 0 Å². The number of nitrogens with two attached hydrogens (primary N) is 5. The number of hydrogen-bond donors (Lipinski definition) is 17. The Morgan fingerprint density at radius 3 is 1.91 bits per heavy atom. The van der Waals surface area contributed by atoms with E-state index in [1.165, 1.54) is 24.2 Å². The fourth-order valence-electron chi connectivity index (χ4n) is 11.4. The average Bonchev–Trinajstić information content (AvgIpc) is 1.60. The van der Waals surface area contributed by atoms with Gasteiger partial charge in [0.15, 0.2) is 5.96 Å². The highest BCUT2D eigenvalue weighted by molar-refractivity contribution is 6.30. The summed E-state index contributed by atoms with van der Waals surface area (Å²) in [4.78, 5) is 205. The number of hydrogen-bond acceptors (Lipinski definition) is 18. The highest BCUT2D eigenvalue weighted by Gasteiger charge is 2.41. The molecule has 2 saturated heterocycles. The Hall–Kier alpha value is -10.9. The number of fused-ring (bicyclic) bond motifs is 1. The first-order valence-electron chi connectivity index (χ1n) is 33.3. The molecule has 22 N–H and O–H groups in total. The van der Waals surface area contributed by atoms with Gasteiger partial charge < -0.3 is 86.3 Å². The van der Waals surface area contributed by atoms with Crippen molar-refractivity contribution >= 4 is 111 Å². The summed E-state index contributed by atoms with van der Waals surface area (Å²) in [6.45, 7) is 3.72. The van der Waals surface area contributed by atoms with E-state index in [1.807, 2.05) is 41.8 Å². The molecule has 6 rings (SSSR count). The zero-order valence-electron chi connectivity index (χ0n) is 56.9. The lowest BCUT2D eigenvalue weighted by Gasteiger charge is -2.31. The van der Waals surface area contributed by atoms with E-state index in [-0.39, 0.29) is 102 Å². The SMILES string of the molecule is CC(=O)N[C@H](Cc1ccc2ccccc2c1)C(=O)N[C@H](Cc1ccc(Cl)cc1)C(=O)N[C@H](Cc1cccnc1)C(=O)N[C@@H](CC(=O)NN)C(=O)N[C@H]1CC(=O)NCCC(=O)NCC[C@@H](C(=O)N2CCC[C@H]2C(=O)NC(CN)C(N)=O)NC(=O)[C@H](CC(C)C)NC(=O)[C@@H](CCCN=C(N)N)NC1=O. The van der Waals surface area contributed by atoms with Crippen LogP contribution in [0.5, 0.6) is 0 Å². The Kier molecular flexibility index (Phi) is 31.3. The fourth-order valence-corrected chi connectivity index (χ4v) is 11.5. The monoisotopic (exact) mass is 1430 g/mol. The van der Waals surface area contributed by atoms with Crippen LogP contribution in [0.15, 0.2) is 96.2 Å². The van der Waals surface area contributed by atoms with E-state index in [9.17, 15) is 67.1 Å². The third kappa shape index (κ3) is 25.7. The van der Waals surface area contributed by atoms with E-state index < -0.39 is 156 Å². The molecule has 1 unspecified atom stereocenters. The summed E-state index contributed by atoms with van der Waals surface area (Å²) in [5.74, 6) is -7.84. The minimum Gasteiger partial charge on any atom is -0.370 e. The van der Waals surface area contributed by atoms with Gasteiger partial charge in [-0.2, -0.15) is 0 Å². The first-order valence-corrected chi connectivity index (χ1v) is 33.7. The first-order chi connectivity index (χ1) is 48.6. The van der Waals surface area contributed by atoms with Crippen LogP contribution in [0.25, 0.3) is 10.8 Å². The number of pyridine rings is 1. The molecule has 2 aliphatic rings. The van der Waals surface area contributed by atoms with Gasteiger partial charge in [0, 0.05) is 82.7 Å². The molecular formula is C67H91ClN20O14. The quantitative estimate of drug-likeness (QED) is 0.00638. The van der Waals surface area contributed by atoms with Crippen LogP contribution in [-0.4, -0.2) is 192 Å². The topological polar surface area (TPSA) is 542 Å². The molecule has 34 nitrogen and oxygen atoms in total. The molecule has 2 aliphatic heterocycles. The molecular weight excluding hydrogens is 1340 g/mol. The number of carbonyl (C=O) groups is 14. The van der Waals surface area contributed by atoms with Crippen molar-refractivity contribution in [3.05, 3.63) is 113 Å². The minimum atomic E-state index is -1.98. The van der Waals surface area contributed by atoms with E-state index in [4.69, 9.17) is 40.4 Å². The zero-order valence-corrected chi connectivity index (χ0v) is 57.6. The van der Waals surface area contributed by atoms with Gasteiger partial charge in [-0.1, -0.05) is 86.1 Å². The lowest BCUT2D eigenvalue weighted by molar-refractivity contribution is -0.142. The van der Waals surface area contributed by atoms with Crippen molar-refractivity contribution < 1.29 is 67.1 Å². The summed E-state index contributed by atoms with van der Waals surface area (Å²) in [5, 5.41) is 30.6. The summed E-state index contributed by atoms with van der Waals surface area (Å²) >= 11 is 6.23. The number of hydrazine groups is 1. The molecule has 0 bridgehead atoms. The number of guanidine groups is 1. The second kappa shape index (κ2) is 39.8. The van der Waals surface area contributed by atoms with Crippen LogP contribution in [0.4, 0.5) is 0 Å². The number of carbonyl (C=O) groups excluding carboxylic acids is 14. The molecule has 102 heavy (non-hydrogen) atoms. The Labute approximate surface area is 593 Å². The predicted octanol–water partition coefficient (Wildman–Crippen LogP) is -4.37. The van der Waals surface area contributed by atoms with Crippen molar-refractivity contribution in [2.45, 2.75) is 158 Å². The maximum atomic E-state index is 14.9. The maximum Gasteiger partial charge on any atom is 0.245 e. The summed E-state index contributed by atoms with van der Waals surface area (Å²) < 4.78 is 0. The molecule has 14 amide bonds. The number of primary amides is 1. The number of nitrogens with one attached hydrogen (secondary N) is 12. The Morgan fingerprint density at radius 2 is 1.28 bits per heavy atom. The van der Waals surface area contributed by atoms with Crippen molar-refractivity contribution in [1.82, 2.24) is 73.8 Å². The normalized spacial score (nSPS) is 19.3. The molecule has 0 radical (unpaired) electrons. The van der Waals surface area contributed by atoms with Crippen LogP contribution in [-0.2, 0) is 86.4 Å². The third-order valence-electron chi connectivity index (χ3n) is 16.6. The van der Waals surface area contributed by atoms with Gasteiger partial charge in [-0.15, -0.1) is 0 Å². The van der Waals surface area contributed by atoms with Gasteiger partial charge in [0.1, 0.15) is 60.4 Å². The average molecular weight is 1440 g/mol. The summed E-state index contributed by atoms with van der Waals surface area (Å²) in [6, 6.07) is 7.41. The molecule has 3 aromatic carbocycles. The fraction of sp³-hybridized carbons (Fsp3) is 0.463. The Bertz CT molecular complexity index is 3690. The molecule has 4 aromatic rings. The summed E-state index contributed by atoms with van der Waals surface area (Å²) in [6.07, 6.45) is 0.0372. The Morgan fingerprint density at radius 1 is 0.667 bits per heavy atom. The van der Waals surface area contributed by atoms with Gasteiger partial charge >= 0.3 is 0 Å². The zero-order chi connectivity index (χ0) is 74.6. The molecule has 0 aliphatic carbocycles. The molecule has 0 spiro atoms. The smallest absolute Gasteiger partial charge is 0.245 e. The van der Waals surface area contributed by atoms with Crippen LogP contribution in [0, 0.1) is 5.92 Å². The lowest BCUT2D eigenvalue weighted by Crippen LogP contribution is -2.61. The second-order valence-corrected chi connectivity index (χ2v) is 25.6. The van der Waals surface area contributed by atoms with E-state index >= 15 is 0 Å². The largest absolute Gasteiger partial charge is 0.370 e. The highest BCUT2D eigenvalue weighted by Crippen LogP contribution is 2.22. The van der Waals surface area contributed by atoms with Crippen LogP contribution < -0.4 is 92.7 Å². The summed E-state index contributed by atoms with van der Waals surface area (Å²) in [7, 11) is 0. The van der Waals surface area contributed by atoms with Gasteiger partial charge in [-0.25, -0.2) is 5.84 Å². The highest BCUT2D eigenvalue weighted by atomic mass is 35.5. The molecule has 10 atom stereocenters. The third-order valence-corrected chi connectivity index (χ3v) is 16.9. The van der Waals surface area contributed by atoms with Crippen molar-refractivity contribution in [2.75, 3.05) is 32.7 Å². The van der Waals surface area contributed by atoms with Crippen molar-refractivity contribution in [3.63, 3.8) is 0 Å². The lowest BCUT2D eigenvalue weighted by atomic mass is 9.99. The van der Waals surface area contributed by atoms with E-state index in [0.717, 1.165) is 10.8 Å². The molecule has 3 heterocycles. The number of amides is 14. The van der Waals surface area contributed by atoms with Gasteiger partial charge in [0.05, 0.1) is 12.8 Å². The van der Waals surface area contributed by atoms with Gasteiger partial charge in [0.25, 0.3) is 0 Å². The minimum absolute atomic E-state index is 0.000553. The van der Waals surface area contributed by atoms with Crippen LogP contribution in [0.1, 0.15) is 95.2 Å². The Balaban J connectivity index is 1.30. The van der Waals surface area contributed by atoms with E-state index in [2.05, 4.69) is 68.5 Å². The molecule has 2 fully saturated rings. The van der Waals surface area contributed by atoms with E-state index in [0.29, 0.717) is 28.1 Å². The van der Waals surface area contributed by atoms with Gasteiger partial charge in [0.2, 0.25) is 82.7 Å². The van der Waals surface area contributed by atoms with Gasteiger partial charge in [-0.3, -0.25) is 82.5 Å². The summed E-state index contributed by atoms with van der Waals surface area (Å²) in [5.41, 5.74) is 25.7. The number of halogens is 1. The molecule has 550 valence electrons. The number of rotatable bonds is 28. The number of nitrogens with zero attached hydrogens (tertiary/aromatic N) is 3. The van der Waals surface area contributed by atoms with Crippen LogP contribution >= 0.6 is 11.6 Å². The van der Waals surface area contributed by atoms with Crippen molar-refractivity contribution in [3.8, 4) is 0 Å².